The first-order valence-electron chi connectivity index (χ1n) is 8.80. The Bertz CT molecular complexity index is 756. The molecule has 0 unspecified atom stereocenters. The fourth-order valence-corrected chi connectivity index (χ4v) is 3.43. The number of anilines is 1. The first-order valence-corrected chi connectivity index (χ1v) is 9.56. The normalized spacial score (nSPS) is 15.1. The van der Waals surface area contributed by atoms with Crippen LogP contribution in [0.3, 0.4) is 0 Å². The summed E-state index contributed by atoms with van der Waals surface area (Å²) in [5, 5.41) is 4.43. The van der Waals surface area contributed by atoms with E-state index in [-0.39, 0.29) is 6.03 Å². The lowest BCUT2D eigenvalue weighted by molar-refractivity contribution is 0.148. The molecule has 2 aromatic carbocycles. The quantitative estimate of drug-likeness (QED) is 0.819. The van der Waals surface area contributed by atoms with Crippen molar-refractivity contribution in [2.45, 2.75) is 13.3 Å². The van der Waals surface area contributed by atoms with E-state index >= 15 is 0 Å². The van der Waals surface area contributed by atoms with Crippen molar-refractivity contribution in [3.05, 3.63) is 63.6 Å². The highest BCUT2D eigenvalue weighted by Crippen LogP contribution is 2.20. The number of halogens is 2. The van der Waals surface area contributed by atoms with Gasteiger partial charge in [-0.3, -0.25) is 4.90 Å². The van der Waals surface area contributed by atoms with Crippen LogP contribution in [0.25, 0.3) is 0 Å². The Labute approximate surface area is 164 Å². The van der Waals surface area contributed by atoms with Gasteiger partial charge in [-0.25, -0.2) is 4.79 Å². The molecule has 26 heavy (non-hydrogen) atoms. The van der Waals surface area contributed by atoms with Crippen LogP contribution < -0.4 is 5.32 Å². The van der Waals surface area contributed by atoms with E-state index in [0.29, 0.717) is 5.02 Å². The highest BCUT2D eigenvalue weighted by atomic mass is 35.5. The summed E-state index contributed by atoms with van der Waals surface area (Å²) in [5.74, 6) is 0. The predicted molar refractivity (Wildman–Crippen MR) is 108 cm³/mol. The lowest BCUT2D eigenvalue weighted by Gasteiger charge is -2.34. The first-order chi connectivity index (χ1) is 12.5. The number of amides is 2. The Morgan fingerprint density at radius 2 is 1.65 bits per heavy atom. The lowest BCUT2D eigenvalue weighted by Crippen LogP contribution is -2.50. The molecule has 0 bridgehead atoms. The summed E-state index contributed by atoms with van der Waals surface area (Å²) in [6, 6.07) is 13.4. The van der Waals surface area contributed by atoms with Crippen molar-refractivity contribution in [2.75, 3.05) is 38.0 Å². The van der Waals surface area contributed by atoms with E-state index in [2.05, 4.69) is 22.3 Å². The molecule has 0 aliphatic carbocycles. The predicted octanol–water partition coefficient (Wildman–Crippen LogP) is 4.69. The molecule has 1 fully saturated rings. The van der Waals surface area contributed by atoms with Crippen molar-refractivity contribution >= 4 is 34.9 Å². The third-order valence-electron chi connectivity index (χ3n) is 4.72. The fraction of sp³-hybridized carbons (Fsp3) is 0.350. The largest absolute Gasteiger partial charge is 0.322 e. The summed E-state index contributed by atoms with van der Waals surface area (Å²) in [7, 11) is 0. The molecule has 138 valence electrons. The van der Waals surface area contributed by atoms with Gasteiger partial charge in [-0.1, -0.05) is 35.3 Å². The molecule has 4 nitrogen and oxygen atoms in total. The zero-order valence-corrected chi connectivity index (χ0v) is 16.4. The standard InChI is InChI=1S/C20H23Cl2N3O/c1-15-14-18(22)6-7-19(15)23-20(26)25-12-10-24(11-13-25)9-8-16-2-4-17(21)5-3-16/h2-7,14H,8-13H2,1H3,(H,23,26). The summed E-state index contributed by atoms with van der Waals surface area (Å²) in [4.78, 5) is 16.7. The number of urea groups is 1. The molecule has 1 heterocycles. The van der Waals surface area contributed by atoms with Crippen molar-refractivity contribution < 1.29 is 4.79 Å². The van der Waals surface area contributed by atoms with Crippen LogP contribution in [0, 0.1) is 6.92 Å². The van der Waals surface area contributed by atoms with Gasteiger partial charge < -0.3 is 10.2 Å². The Hall–Kier alpha value is -1.75. The van der Waals surface area contributed by atoms with E-state index in [1.807, 2.05) is 36.1 Å². The molecule has 0 spiro atoms. The van der Waals surface area contributed by atoms with E-state index < -0.39 is 0 Å². The minimum Gasteiger partial charge on any atom is -0.322 e. The van der Waals surface area contributed by atoms with Gasteiger partial charge in [0.15, 0.2) is 0 Å². The number of hydrogen-bond acceptors (Lipinski definition) is 2. The van der Waals surface area contributed by atoms with Crippen LogP contribution in [0.15, 0.2) is 42.5 Å². The fourth-order valence-electron chi connectivity index (χ4n) is 3.07. The maximum absolute atomic E-state index is 12.5. The van der Waals surface area contributed by atoms with E-state index in [9.17, 15) is 4.79 Å². The van der Waals surface area contributed by atoms with Gasteiger partial charge in [-0.15, -0.1) is 0 Å². The molecule has 2 aromatic rings. The molecule has 0 atom stereocenters. The molecule has 0 saturated carbocycles. The van der Waals surface area contributed by atoms with Gasteiger partial charge in [-0.05, 0) is 54.8 Å². The Morgan fingerprint density at radius 1 is 1.00 bits per heavy atom. The van der Waals surface area contributed by atoms with Gasteiger partial charge >= 0.3 is 6.03 Å². The van der Waals surface area contributed by atoms with Crippen molar-refractivity contribution in [2.24, 2.45) is 0 Å². The number of piperazine rings is 1. The molecule has 1 N–H and O–H groups in total. The average molecular weight is 392 g/mol. The zero-order chi connectivity index (χ0) is 18.5. The molecule has 0 aromatic heterocycles. The van der Waals surface area contributed by atoms with Crippen molar-refractivity contribution in [1.82, 2.24) is 9.80 Å². The Morgan fingerprint density at radius 3 is 2.31 bits per heavy atom. The smallest absolute Gasteiger partial charge is 0.321 e. The highest BCUT2D eigenvalue weighted by molar-refractivity contribution is 6.31. The third-order valence-corrected chi connectivity index (χ3v) is 5.21. The second kappa shape index (κ2) is 8.76. The maximum Gasteiger partial charge on any atom is 0.321 e. The minimum atomic E-state index is -0.0484. The van der Waals surface area contributed by atoms with Crippen LogP contribution in [0.1, 0.15) is 11.1 Å². The molecule has 1 saturated heterocycles. The summed E-state index contributed by atoms with van der Waals surface area (Å²) in [6.45, 7) is 6.18. The summed E-state index contributed by atoms with van der Waals surface area (Å²) < 4.78 is 0. The number of carbonyl (C=O) groups excluding carboxylic acids is 1. The average Bonchev–Trinajstić information content (AvgIpc) is 2.64. The van der Waals surface area contributed by atoms with Crippen LogP contribution in [0.5, 0.6) is 0 Å². The molecule has 0 radical (unpaired) electrons. The second-order valence-electron chi connectivity index (χ2n) is 6.59. The SMILES string of the molecule is Cc1cc(Cl)ccc1NC(=O)N1CCN(CCc2ccc(Cl)cc2)CC1. The van der Waals surface area contributed by atoms with E-state index in [1.165, 1.54) is 5.56 Å². The number of hydrogen-bond donors (Lipinski definition) is 1. The van der Waals surface area contributed by atoms with Crippen LogP contribution in [-0.4, -0.2) is 48.6 Å². The van der Waals surface area contributed by atoms with E-state index in [1.54, 1.807) is 6.07 Å². The zero-order valence-electron chi connectivity index (χ0n) is 14.8. The van der Waals surface area contributed by atoms with Gasteiger partial charge in [0.05, 0.1) is 0 Å². The van der Waals surface area contributed by atoms with E-state index in [4.69, 9.17) is 23.2 Å². The van der Waals surface area contributed by atoms with Gasteiger partial charge in [-0.2, -0.15) is 0 Å². The molecule has 6 heteroatoms. The monoisotopic (exact) mass is 391 g/mol. The first kappa shape index (κ1) is 19.0. The number of aryl methyl sites for hydroxylation is 1. The molecular weight excluding hydrogens is 369 g/mol. The maximum atomic E-state index is 12.5. The Balaban J connectivity index is 1.45. The number of carbonyl (C=O) groups is 1. The molecular formula is C20H23Cl2N3O. The van der Waals surface area contributed by atoms with Gasteiger partial charge in [0.1, 0.15) is 0 Å². The van der Waals surface area contributed by atoms with Crippen LogP contribution in [0.4, 0.5) is 10.5 Å². The summed E-state index contributed by atoms with van der Waals surface area (Å²) in [6.07, 6.45) is 0.993. The van der Waals surface area contributed by atoms with Gasteiger partial charge in [0.2, 0.25) is 0 Å². The number of rotatable bonds is 4. The van der Waals surface area contributed by atoms with Gasteiger partial charge in [0, 0.05) is 48.5 Å². The van der Waals surface area contributed by atoms with Crippen molar-refractivity contribution in [1.29, 1.82) is 0 Å². The van der Waals surface area contributed by atoms with E-state index in [0.717, 1.165) is 55.4 Å². The van der Waals surface area contributed by atoms with Crippen LogP contribution in [0.2, 0.25) is 10.0 Å². The molecule has 1 aliphatic heterocycles. The van der Waals surface area contributed by atoms with Gasteiger partial charge in [0.25, 0.3) is 0 Å². The highest BCUT2D eigenvalue weighted by Gasteiger charge is 2.21. The topological polar surface area (TPSA) is 35.6 Å². The number of benzene rings is 2. The third kappa shape index (κ3) is 5.13. The minimum absolute atomic E-state index is 0.0484. The number of nitrogens with zero attached hydrogens (tertiary/aromatic N) is 2. The molecule has 2 amide bonds. The summed E-state index contributed by atoms with van der Waals surface area (Å²) in [5.41, 5.74) is 3.06. The number of nitrogens with one attached hydrogen (secondary N) is 1. The van der Waals surface area contributed by atoms with Crippen molar-refractivity contribution in [3.8, 4) is 0 Å². The van der Waals surface area contributed by atoms with Crippen molar-refractivity contribution in [3.63, 3.8) is 0 Å². The van der Waals surface area contributed by atoms with Crippen LogP contribution in [-0.2, 0) is 6.42 Å². The Kier molecular flexibility index (Phi) is 6.41. The lowest BCUT2D eigenvalue weighted by atomic mass is 10.1. The molecule has 3 rings (SSSR count). The molecule has 1 aliphatic rings. The summed E-state index contributed by atoms with van der Waals surface area (Å²) >= 11 is 11.9. The second-order valence-corrected chi connectivity index (χ2v) is 7.47. The van der Waals surface area contributed by atoms with Crippen LogP contribution >= 0.6 is 23.2 Å².